The van der Waals surface area contributed by atoms with E-state index in [-0.39, 0.29) is 5.82 Å². The number of hydrogen-bond acceptors (Lipinski definition) is 4. The van der Waals surface area contributed by atoms with Gasteiger partial charge in [0, 0.05) is 18.1 Å². The van der Waals surface area contributed by atoms with Gasteiger partial charge in [-0.1, -0.05) is 6.07 Å². The molecule has 2 heterocycles. The van der Waals surface area contributed by atoms with Gasteiger partial charge in [-0.25, -0.2) is 13.9 Å². The number of nitrogens with zero attached hydrogens (tertiary/aromatic N) is 4. The van der Waals surface area contributed by atoms with Crippen LogP contribution in [0.25, 0.3) is 5.78 Å². The quantitative estimate of drug-likeness (QED) is 0.755. The minimum Gasteiger partial charge on any atom is -0.319 e. The number of amides is 1. The molecule has 6 nitrogen and oxygen atoms in total. The zero-order chi connectivity index (χ0) is 13.2. The highest BCUT2D eigenvalue weighted by Gasteiger charge is 2.13. The third-order valence-electron chi connectivity index (χ3n) is 2.40. The van der Waals surface area contributed by atoms with Crippen LogP contribution in [-0.4, -0.2) is 25.5 Å². The number of nitrogens with one attached hydrogen (secondary N) is 1. The van der Waals surface area contributed by atoms with Gasteiger partial charge in [-0.3, -0.25) is 4.79 Å². The lowest BCUT2D eigenvalue weighted by atomic mass is 10.3. The number of rotatable bonds is 2. The van der Waals surface area contributed by atoms with Crippen molar-refractivity contribution in [2.24, 2.45) is 0 Å². The smallest absolute Gasteiger partial charge is 0.295 e. The molecule has 3 rings (SSSR count). The molecule has 0 spiro atoms. The lowest BCUT2D eigenvalue weighted by molar-refractivity contribution is 0.101. The lowest BCUT2D eigenvalue weighted by Crippen LogP contribution is -2.14. The average molecular weight is 257 g/mol. The van der Waals surface area contributed by atoms with Crippen molar-refractivity contribution < 1.29 is 9.18 Å². The number of halogens is 1. The first-order valence-electron chi connectivity index (χ1n) is 5.47. The van der Waals surface area contributed by atoms with E-state index in [1.165, 1.54) is 22.7 Å². The Kier molecular flexibility index (Phi) is 2.64. The summed E-state index contributed by atoms with van der Waals surface area (Å²) in [5.74, 6) is -0.645. The van der Waals surface area contributed by atoms with Gasteiger partial charge >= 0.3 is 0 Å². The second-order valence-electron chi connectivity index (χ2n) is 3.76. The number of benzene rings is 1. The van der Waals surface area contributed by atoms with Crippen LogP contribution in [0.2, 0.25) is 0 Å². The van der Waals surface area contributed by atoms with Crippen molar-refractivity contribution in [2.45, 2.75) is 0 Å². The minimum absolute atomic E-state index is 0.0250. The zero-order valence-electron chi connectivity index (χ0n) is 9.62. The monoisotopic (exact) mass is 257 g/mol. The van der Waals surface area contributed by atoms with E-state index < -0.39 is 11.7 Å². The Hall–Kier alpha value is -2.83. The molecular weight excluding hydrogens is 249 g/mol. The van der Waals surface area contributed by atoms with Crippen LogP contribution in [0.4, 0.5) is 10.1 Å². The van der Waals surface area contributed by atoms with E-state index in [9.17, 15) is 9.18 Å². The van der Waals surface area contributed by atoms with Crippen molar-refractivity contribution in [1.82, 2.24) is 19.6 Å². The maximum Gasteiger partial charge on any atom is 0.295 e. The summed E-state index contributed by atoms with van der Waals surface area (Å²) in [6, 6.07) is 7.27. The zero-order valence-corrected chi connectivity index (χ0v) is 9.62. The van der Waals surface area contributed by atoms with E-state index in [1.54, 1.807) is 24.5 Å². The second-order valence-corrected chi connectivity index (χ2v) is 3.76. The maximum atomic E-state index is 13.0. The molecule has 1 amide bonds. The first-order valence-corrected chi connectivity index (χ1v) is 5.47. The normalized spacial score (nSPS) is 10.6. The second kappa shape index (κ2) is 4.45. The molecular formula is C12H8FN5O. The van der Waals surface area contributed by atoms with Crippen LogP contribution in [0.5, 0.6) is 0 Å². The highest BCUT2D eigenvalue weighted by molar-refractivity contribution is 6.01. The lowest BCUT2D eigenvalue weighted by Gasteiger charge is -2.01. The number of hydrogen-bond donors (Lipinski definition) is 1. The minimum atomic E-state index is -0.517. The number of carbonyl (C=O) groups is 1. The molecule has 1 N–H and O–H groups in total. The number of carbonyl (C=O) groups excluding carboxylic acids is 1. The molecule has 2 aromatic heterocycles. The summed E-state index contributed by atoms with van der Waals surface area (Å²) in [6.45, 7) is 0. The molecule has 0 unspecified atom stereocenters. The molecule has 94 valence electrons. The summed E-state index contributed by atoms with van der Waals surface area (Å²) in [5, 5.41) is 6.48. The molecule has 7 heteroatoms. The Morgan fingerprint density at radius 1 is 1.32 bits per heavy atom. The van der Waals surface area contributed by atoms with Crippen molar-refractivity contribution in [3.05, 3.63) is 54.4 Å². The van der Waals surface area contributed by atoms with Gasteiger partial charge in [0.2, 0.25) is 5.82 Å². The van der Waals surface area contributed by atoms with Crippen molar-refractivity contribution in [3.63, 3.8) is 0 Å². The first kappa shape index (κ1) is 11.3. The van der Waals surface area contributed by atoms with Gasteiger partial charge in [-0.05, 0) is 24.3 Å². The van der Waals surface area contributed by atoms with E-state index in [2.05, 4.69) is 20.4 Å². The fourth-order valence-corrected chi connectivity index (χ4v) is 1.58. The summed E-state index contributed by atoms with van der Waals surface area (Å²) in [6.07, 6.45) is 3.19. The van der Waals surface area contributed by atoms with Crippen LogP contribution in [0.15, 0.2) is 42.7 Å². The van der Waals surface area contributed by atoms with Gasteiger partial charge in [0.15, 0.2) is 0 Å². The summed E-state index contributed by atoms with van der Waals surface area (Å²) in [4.78, 5) is 19.8. The molecule has 19 heavy (non-hydrogen) atoms. The van der Waals surface area contributed by atoms with E-state index in [4.69, 9.17) is 0 Å². The van der Waals surface area contributed by atoms with Crippen LogP contribution in [0, 0.1) is 5.82 Å². The van der Waals surface area contributed by atoms with E-state index >= 15 is 0 Å². The molecule has 0 aliphatic carbocycles. The highest BCUT2D eigenvalue weighted by atomic mass is 19.1. The SMILES string of the molecule is O=C(Nc1cccc(F)c1)c1nc2ncccn2n1. The summed E-state index contributed by atoms with van der Waals surface area (Å²) < 4.78 is 14.4. The van der Waals surface area contributed by atoms with Gasteiger partial charge in [-0.15, -0.1) is 5.10 Å². The van der Waals surface area contributed by atoms with Crippen molar-refractivity contribution >= 4 is 17.4 Å². The van der Waals surface area contributed by atoms with Crippen LogP contribution in [0.3, 0.4) is 0 Å². The predicted molar refractivity (Wildman–Crippen MR) is 65.1 cm³/mol. The Bertz CT molecular complexity index is 721. The molecule has 0 aliphatic heterocycles. The Morgan fingerprint density at radius 2 is 2.21 bits per heavy atom. The number of aromatic nitrogens is 4. The largest absolute Gasteiger partial charge is 0.319 e. The van der Waals surface area contributed by atoms with Gasteiger partial charge in [0.25, 0.3) is 11.7 Å². The molecule has 0 saturated heterocycles. The third-order valence-corrected chi connectivity index (χ3v) is 2.40. The van der Waals surface area contributed by atoms with Gasteiger partial charge in [0.1, 0.15) is 5.82 Å². The van der Waals surface area contributed by atoms with E-state index in [1.807, 2.05) is 0 Å². The van der Waals surface area contributed by atoms with Gasteiger partial charge in [-0.2, -0.15) is 4.98 Å². The Balaban J connectivity index is 1.87. The van der Waals surface area contributed by atoms with Crippen molar-refractivity contribution in [3.8, 4) is 0 Å². The topological polar surface area (TPSA) is 72.2 Å². The molecule has 0 aliphatic rings. The molecule has 1 aromatic carbocycles. The maximum absolute atomic E-state index is 13.0. The highest BCUT2D eigenvalue weighted by Crippen LogP contribution is 2.10. The van der Waals surface area contributed by atoms with Crippen LogP contribution in [-0.2, 0) is 0 Å². The molecule has 0 radical (unpaired) electrons. The fourth-order valence-electron chi connectivity index (χ4n) is 1.58. The van der Waals surface area contributed by atoms with Crippen molar-refractivity contribution in [1.29, 1.82) is 0 Å². The molecule has 0 bridgehead atoms. The molecule has 3 aromatic rings. The van der Waals surface area contributed by atoms with Gasteiger partial charge < -0.3 is 5.32 Å². The predicted octanol–water partition coefficient (Wildman–Crippen LogP) is 1.52. The van der Waals surface area contributed by atoms with Crippen LogP contribution < -0.4 is 5.32 Å². The molecule has 0 atom stereocenters. The molecule has 0 saturated carbocycles. The Labute approximate surface area is 106 Å². The Morgan fingerprint density at radius 3 is 3.00 bits per heavy atom. The van der Waals surface area contributed by atoms with E-state index in [0.717, 1.165) is 0 Å². The average Bonchev–Trinajstić information content (AvgIpc) is 2.82. The van der Waals surface area contributed by atoms with Crippen LogP contribution in [0.1, 0.15) is 10.6 Å². The number of fused-ring (bicyclic) bond motifs is 1. The van der Waals surface area contributed by atoms with Gasteiger partial charge in [0.05, 0.1) is 0 Å². The summed E-state index contributed by atoms with van der Waals surface area (Å²) in [5.41, 5.74) is 0.344. The van der Waals surface area contributed by atoms with Crippen LogP contribution >= 0.6 is 0 Å². The summed E-state index contributed by atoms with van der Waals surface area (Å²) >= 11 is 0. The fraction of sp³-hybridized carbons (Fsp3) is 0. The summed E-state index contributed by atoms with van der Waals surface area (Å²) in [7, 11) is 0. The van der Waals surface area contributed by atoms with E-state index in [0.29, 0.717) is 11.5 Å². The first-order chi connectivity index (χ1) is 9.22. The third kappa shape index (κ3) is 2.25. The standard InChI is InChI=1S/C12H8FN5O/c13-8-3-1-4-9(7-8)15-11(19)10-16-12-14-5-2-6-18(12)17-10/h1-7H,(H,15,19). The molecule has 0 fully saturated rings. The number of anilines is 1. The van der Waals surface area contributed by atoms with Crippen molar-refractivity contribution in [2.75, 3.05) is 5.32 Å².